The maximum Gasteiger partial charge on any atom is 0.408 e. The second-order valence-electron chi connectivity index (χ2n) is 17.3. The molecule has 4 heterocycles. The minimum Gasteiger partial charge on any atom is -0.458 e. The minimum absolute atomic E-state index is 0.0510. The van der Waals surface area contributed by atoms with Gasteiger partial charge in [0.25, 0.3) is 0 Å². The first-order chi connectivity index (χ1) is 27.3. The Morgan fingerprint density at radius 2 is 1.79 bits per heavy atom. The first kappa shape index (κ1) is 45.1. The van der Waals surface area contributed by atoms with Gasteiger partial charge in [0.15, 0.2) is 17.7 Å². The monoisotopic (exact) mass is 805 g/mol. The lowest BCUT2D eigenvalue weighted by Gasteiger charge is -2.47. The van der Waals surface area contributed by atoms with E-state index in [2.05, 4.69) is 16.9 Å². The number of fused-ring (bicyclic) bond motifs is 2. The second kappa shape index (κ2) is 18.5. The third-order valence-corrected chi connectivity index (χ3v) is 12.3. The number of likely N-dealkylation sites (N-methyl/N-ethyl adjacent to an activating group) is 1. The number of amides is 1. The number of hydrogen-bond acceptors (Lipinski definition) is 12. The highest BCUT2D eigenvalue weighted by Gasteiger charge is 2.57. The molecule has 0 aliphatic carbocycles. The molecule has 3 saturated heterocycles. The molecular formula is C45H63N3O10. The largest absolute Gasteiger partial charge is 0.458 e. The van der Waals surface area contributed by atoms with Crippen molar-refractivity contribution in [3.63, 3.8) is 0 Å². The Labute approximate surface area is 342 Å². The number of carbonyl (C=O) groups excluding carboxylic acids is 4. The van der Waals surface area contributed by atoms with Crippen LogP contribution in [0.1, 0.15) is 87.1 Å². The number of para-hydroxylation sites is 1. The van der Waals surface area contributed by atoms with E-state index >= 15 is 0 Å². The number of esters is 1. The van der Waals surface area contributed by atoms with Gasteiger partial charge in [-0.15, -0.1) is 0 Å². The van der Waals surface area contributed by atoms with E-state index in [1.807, 2.05) is 68.3 Å². The zero-order chi connectivity index (χ0) is 42.7. The summed E-state index contributed by atoms with van der Waals surface area (Å²) < 4.78 is 31.6. The van der Waals surface area contributed by atoms with Crippen LogP contribution in [0.3, 0.4) is 0 Å². The molecule has 13 atom stereocenters. The van der Waals surface area contributed by atoms with Gasteiger partial charge >= 0.3 is 12.1 Å². The standard InChI is InChI=1S/C45H63N3O10/c1-12-35-45(10)39(47-43(53)58-45)28(6)36(49)26(4)22-44(9,54-19-15-16-31-21-32-17-13-14-18-33(32)46-23-31)40(29(7)37(50)30(8)41(52)56-35)57-42-38(51)34(20-27(5)55-42)48(11)24-25(2)3/h13-18,21,23,26-30,34-35,38-40,42,51H,2,12,19-20,22,24H2,1,3-11H3,(H,47,53)/b16-15+/t26-,27-,28-,29+,30-,34+,35+,38-,39-,40-,42?,44+,45-/m1/s1. The van der Waals surface area contributed by atoms with Crippen molar-refractivity contribution in [3.05, 3.63) is 60.3 Å². The van der Waals surface area contributed by atoms with Gasteiger partial charge in [-0.25, -0.2) is 4.79 Å². The summed E-state index contributed by atoms with van der Waals surface area (Å²) in [6.07, 6.45) is 0.914. The smallest absolute Gasteiger partial charge is 0.408 e. The second-order valence-corrected chi connectivity index (χ2v) is 17.3. The lowest BCUT2D eigenvalue weighted by molar-refractivity contribution is -0.297. The van der Waals surface area contributed by atoms with E-state index in [0.29, 0.717) is 13.0 Å². The zero-order valence-corrected chi connectivity index (χ0v) is 35.7. The predicted octanol–water partition coefficient (Wildman–Crippen LogP) is 6.06. The number of aromatic nitrogens is 1. The van der Waals surface area contributed by atoms with E-state index < -0.39 is 83.4 Å². The highest BCUT2D eigenvalue weighted by atomic mass is 16.7. The molecular weight excluding hydrogens is 743 g/mol. The number of aliphatic hydroxyl groups is 1. The summed E-state index contributed by atoms with van der Waals surface area (Å²) in [5.74, 6) is -5.19. The lowest BCUT2D eigenvalue weighted by atomic mass is 9.73. The fourth-order valence-electron chi connectivity index (χ4n) is 9.20. The molecule has 0 spiro atoms. The number of alkyl carbamates (subject to hydrolysis) is 1. The van der Waals surface area contributed by atoms with Gasteiger partial charge in [0.1, 0.15) is 23.9 Å². The number of nitrogens with zero attached hydrogens (tertiary/aromatic N) is 2. The molecule has 3 aliphatic rings. The Bertz CT molecular complexity index is 1870. The lowest BCUT2D eigenvalue weighted by Crippen LogP contribution is -2.60. The molecule has 13 nitrogen and oxygen atoms in total. The van der Waals surface area contributed by atoms with Crippen LogP contribution in [-0.2, 0) is 38.1 Å². The SMILES string of the molecule is C=C(C)CN(C)[C@H]1C[C@@H](C)OC(O[C@@H]2[C@@H](C)C(=O)[C@@H](C)C(=O)O[C@@H](CC)[C@@]3(C)OC(=O)N[C@@H]3[C@H](C)C(=O)[C@H](C)C[C@]2(C)OC/C=C/c2cnc3ccccc3c2)[C@@H]1O. The fraction of sp³-hybridized carbons (Fsp3) is 0.622. The van der Waals surface area contributed by atoms with E-state index in [9.17, 15) is 24.3 Å². The Hall–Kier alpha value is -4.01. The van der Waals surface area contributed by atoms with Gasteiger partial charge in [0.2, 0.25) is 0 Å². The first-order valence-corrected chi connectivity index (χ1v) is 20.6. The fourth-order valence-corrected chi connectivity index (χ4v) is 9.20. The number of rotatable bonds is 10. The van der Waals surface area contributed by atoms with Gasteiger partial charge in [0.05, 0.1) is 36.0 Å². The quantitative estimate of drug-likeness (QED) is 0.163. The third kappa shape index (κ3) is 9.71. The number of hydrogen-bond donors (Lipinski definition) is 2. The molecule has 3 aliphatic heterocycles. The molecule has 2 aromatic rings. The van der Waals surface area contributed by atoms with Gasteiger partial charge in [-0.3, -0.25) is 24.3 Å². The number of Topliss-reactive ketones (excluding diaryl/α,β-unsaturated/α-hetero) is 2. The van der Waals surface area contributed by atoms with Gasteiger partial charge in [-0.1, -0.05) is 70.2 Å². The molecule has 318 valence electrons. The number of cyclic esters (lactones) is 1. The van der Waals surface area contributed by atoms with Gasteiger partial charge in [0, 0.05) is 41.9 Å². The van der Waals surface area contributed by atoms with Crippen LogP contribution in [0, 0.1) is 23.7 Å². The van der Waals surface area contributed by atoms with Crippen LogP contribution in [0.4, 0.5) is 4.79 Å². The summed E-state index contributed by atoms with van der Waals surface area (Å²) in [6, 6.07) is 8.63. The van der Waals surface area contributed by atoms with Crippen molar-refractivity contribution in [2.45, 2.75) is 136 Å². The molecule has 0 bridgehead atoms. The van der Waals surface area contributed by atoms with Crippen molar-refractivity contribution in [1.29, 1.82) is 0 Å². The number of nitrogens with one attached hydrogen (secondary N) is 1. The Balaban J connectivity index is 1.56. The van der Waals surface area contributed by atoms with Crippen molar-refractivity contribution < 1.29 is 48.0 Å². The van der Waals surface area contributed by atoms with Crippen LogP contribution in [0.5, 0.6) is 0 Å². The summed E-state index contributed by atoms with van der Waals surface area (Å²) in [6.45, 7) is 20.3. The molecule has 1 aromatic carbocycles. The summed E-state index contributed by atoms with van der Waals surface area (Å²) in [4.78, 5) is 62.3. The Morgan fingerprint density at radius 1 is 1.09 bits per heavy atom. The van der Waals surface area contributed by atoms with Crippen molar-refractivity contribution in [2.24, 2.45) is 23.7 Å². The topological polar surface area (TPSA) is 163 Å². The van der Waals surface area contributed by atoms with Gasteiger partial charge < -0.3 is 34.1 Å². The predicted molar refractivity (Wildman–Crippen MR) is 219 cm³/mol. The molecule has 0 saturated carbocycles. The molecule has 1 unspecified atom stereocenters. The highest BCUT2D eigenvalue weighted by Crippen LogP contribution is 2.40. The molecule has 1 aromatic heterocycles. The maximum absolute atomic E-state index is 14.5. The molecule has 0 radical (unpaired) electrons. The van der Waals surface area contributed by atoms with E-state index in [4.69, 9.17) is 23.7 Å². The van der Waals surface area contributed by atoms with E-state index in [1.54, 1.807) is 47.7 Å². The molecule has 2 N–H and O–H groups in total. The zero-order valence-electron chi connectivity index (χ0n) is 35.7. The maximum atomic E-state index is 14.5. The van der Waals surface area contributed by atoms with Crippen LogP contribution >= 0.6 is 0 Å². The number of aliphatic hydroxyl groups excluding tert-OH is 1. The number of ether oxygens (including phenoxy) is 5. The number of benzene rings is 1. The summed E-state index contributed by atoms with van der Waals surface area (Å²) in [5, 5.41) is 15.6. The molecule has 13 heteroatoms. The van der Waals surface area contributed by atoms with Crippen molar-refractivity contribution >= 4 is 40.6 Å². The van der Waals surface area contributed by atoms with E-state index in [1.165, 1.54) is 6.92 Å². The number of carbonyl (C=O) groups is 4. The summed E-state index contributed by atoms with van der Waals surface area (Å²) in [5.41, 5.74) is -0.116. The van der Waals surface area contributed by atoms with Crippen molar-refractivity contribution in [3.8, 4) is 0 Å². The van der Waals surface area contributed by atoms with Crippen molar-refractivity contribution in [1.82, 2.24) is 15.2 Å². The molecule has 58 heavy (non-hydrogen) atoms. The van der Waals surface area contributed by atoms with Gasteiger partial charge in [-0.2, -0.15) is 0 Å². The number of ketones is 2. The van der Waals surface area contributed by atoms with Crippen LogP contribution in [0.15, 0.2) is 54.8 Å². The molecule has 3 fully saturated rings. The van der Waals surface area contributed by atoms with Gasteiger partial charge in [-0.05, 0) is 78.6 Å². The highest BCUT2D eigenvalue weighted by molar-refractivity contribution is 6.00. The Morgan fingerprint density at radius 3 is 2.48 bits per heavy atom. The van der Waals surface area contributed by atoms with Crippen LogP contribution in [0.25, 0.3) is 17.0 Å². The number of pyridine rings is 1. The third-order valence-electron chi connectivity index (χ3n) is 12.3. The van der Waals surface area contributed by atoms with Crippen LogP contribution in [0.2, 0.25) is 0 Å². The summed E-state index contributed by atoms with van der Waals surface area (Å²) >= 11 is 0. The Kier molecular flexibility index (Phi) is 14.4. The average molecular weight is 806 g/mol. The summed E-state index contributed by atoms with van der Waals surface area (Å²) in [7, 11) is 1.91. The molecule has 5 rings (SSSR count). The average Bonchev–Trinajstić information content (AvgIpc) is 3.50. The minimum atomic E-state index is -1.39. The normalized spacial score (nSPS) is 36.7. The first-order valence-electron chi connectivity index (χ1n) is 20.6. The van der Waals surface area contributed by atoms with E-state index in [0.717, 1.165) is 22.0 Å². The van der Waals surface area contributed by atoms with Crippen LogP contribution < -0.4 is 5.32 Å². The van der Waals surface area contributed by atoms with Crippen molar-refractivity contribution in [2.75, 3.05) is 20.2 Å². The molecule has 1 amide bonds. The van der Waals surface area contributed by atoms with E-state index in [-0.39, 0.29) is 37.4 Å². The van der Waals surface area contributed by atoms with Crippen LogP contribution in [-0.4, -0.2) is 113 Å².